The first kappa shape index (κ1) is 13.7. The molecule has 1 amide bonds. The number of carbonyl (C=O) groups is 1. The van der Waals surface area contributed by atoms with Crippen LogP contribution >= 0.6 is 31.9 Å². The zero-order valence-electron chi connectivity index (χ0n) is 9.13. The number of halogens is 2. The number of nitrogens with two attached hydrogens (primary N) is 1. The van der Waals surface area contributed by atoms with Crippen LogP contribution < -0.4 is 11.1 Å². The lowest BCUT2D eigenvalue weighted by Gasteiger charge is -2.16. The number of benzene rings is 1. The molecule has 0 aliphatic rings. The van der Waals surface area contributed by atoms with Gasteiger partial charge in [-0.2, -0.15) is 0 Å². The van der Waals surface area contributed by atoms with Crippen LogP contribution in [0.4, 0.5) is 5.69 Å². The molecule has 0 aliphatic carbocycles. The highest BCUT2D eigenvalue weighted by Crippen LogP contribution is 2.30. The SMILES string of the molecule is CC(N)C(C)C(=O)Nc1c(Br)cccc1Br. The summed E-state index contributed by atoms with van der Waals surface area (Å²) in [5.41, 5.74) is 6.42. The van der Waals surface area contributed by atoms with E-state index >= 15 is 0 Å². The Balaban J connectivity index is 2.85. The van der Waals surface area contributed by atoms with E-state index in [4.69, 9.17) is 5.73 Å². The molecule has 0 saturated heterocycles. The number of rotatable bonds is 3. The summed E-state index contributed by atoms with van der Waals surface area (Å²) >= 11 is 6.77. The number of anilines is 1. The van der Waals surface area contributed by atoms with Crippen molar-refractivity contribution in [1.29, 1.82) is 0 Å². The van der Waals surface area contributed by atoms with Crippen molar-refractivity contribution >= 4 is 43.5 Å². The van der Waals surface area contributed by atoms with Gasteiger partial charge in [0.15, 0.2) is 0 Å². The maximum Gasteiger partial charge on any atom is 0.228 e. The number of nitrogens with one attached hydrogen (secondary N) is 1. The van der Waals surface area contributed by atoms with Crippen molar-refractivity contribution < 1.29 is 4.79 Å². The van der Waals surface area contributed by atoms with E-state index in [1.165, 1.54) is 0 Å². The lowest BCUT2D eigenvalue weighted by Crippen LogP contribution is -2.34. The topological polar surface area (TPSA) is 55.1 Å². The first-order valence-electron chi connectivity index (χ1n) is 4.94. The Morgan fingerprint density at radius 2 is 1.81 bits per heavy atom. The van der Waals surface area contributed by atoms with Gasteiger partial charge >= 0.3 is 0 Å². The van der Waals surface area contributed by atoms with E-state index < -0.39 is 0 Å². The van der Waals surface area contributed by atoms with Gasteiger partial charge < -0.3 is 11.1 Å². The summed E-state index contributed by atoms with van der Waals surface area (Å²) < 4.78 is 1.68. The highest BCUT2D eigenvalue weighted by molar-refractivity contribution is 9.11. The van der Waals surface area contributed by atoms with Crippen LogP contribution in [0.2, 0.25) is 0 Å². The summed E-state index contributed by atoms with van der Waals surface area (Å²) in [7, 11) is 0. The van der Waals surface area contributed by atoms with Crippen molar-refractivity contribution in [2.45, 2.75) is 19.9 Å². The molecule has 5 heteroatoms. The van der Waals surface area contributed by atoms with E-state index in [1.54, 1.807) is 0 Å². The van der Waals surface area contributed by atoms with Crippen molar-refractivity contribution in [1.82, 2.24) is 0 Å². The molecule has 0 radical (unpaired) electrons. The molecule has 2 atom stereocenters. The Kier molecular flexibility index (Phi) is 4.95. The fraction of sp³-hybridized carbons (Fsp3) is 0.364. The number of para-hydroxylation sites is 1. The van der Waals surface area contributed by atoms with Crippen LogP contribution in [0.3, 0.4) is 0 Å². The monoisotopic (exact) mass is 348 g/mol. The van der Waals surface area contributed by atoms with Gasteiger partial charge in [-0.25, -0.2) is 0 Å². The van der Waals surface area contributed by atoms with E-state index in [1.807, 2.05) is 32.0 Å². The third-order valence-corrected chi connectivity index (χ3v) is 3.73. The Labute approximate surface area is 112 Å². The first-order chi connectivity index (χ1) is 7.43. The van der Waals surface area contributed by atoms with Crippen LogP contribution in [0.15, 0.2) is 27.1 Å². The van der Waals surface area contributed by atoms with Gasteiger partial charge in [-0.05, 0) is 50.9 Å². The summed E-state index contributed by atoms with van der Waals surface area (Å²) in [5.74, 6) is -0.304. The third-order valence-electron chi connectivity index (χ3n) is 2.41. The maximum atomic E-state index is 11.8. The molecule has 1 aromatic carbocycles. The molecule has 0 spiro atoms. The van der Waals surface area contributed by atoms with E-state index in [9.17, 15) is 4.79 Å². The number of hydrogen-bond donors (Lipinski definition) is 2. The second kappa shape index (κ2) is 5.80. The summed E-state index contributed by atoms with van der Waals surface area (Å²) in [4.78, 5) is 11.8. The molecule has 0 saturated carbocycles. The smallest absolute Gasteiger partial charge is 0.228 e. The Morgan fingerprint density at radius 1 is 1.31 bits per heavy atom. The summed E-state index contributed by atoms with van der Waals surface area (Å²) in [6.07, 6.45) is 0. The standard InChI is InChI=1S/C11H14Br2N2O/c1-6(7(2)14)11(16)15-10-8(12)4-3-5-9(10)13/h3-7H,14H2,1-2H3,(H,15,16). The number of hydrogen-bond acceptors (Lipinski definition) is 2. The molecule has 3 N–H and O–H groups in total. The molecule has 88 valence electrons. The number of carbonyl (C=O) groups excluding carboxylic acids is 1. The lowest BCUT2D eigenvalue weighted by atomic mass is 10.0. The van der Waals surface area contributed by atoms with Gasteiger partial charge in [0, 0.05) is 15.0 Å². The second-order valence-corrected chi connectivity index (χ2v) is 5.44. The molecular formula is C11H14Br2N2O. The molecule has 1 aromatic rings. The lowest BCUT2D eigenvalue weighted by molar-refractivity contribution is -0.119. The molecule has 2 unspecified atom stereocenters. The molecular weight excluding hydrogens is 336 g/mol. The van der Waals surface area contributed by atoms with E-state index in [0.29, 0.717) is 0 Å². The van der Waals surface area contributed by atoms with Gasteiger partial charge in [0.05, 0.1) is 11.6 Å². The average molecular weight is 350 g/mol. The normalized spacial score (nSPS) is 14.3. The van der Waals surface area contributed by atoms with Gasteiger partial charge in [0.1, 0.15) is 0 Å². The van der Waals surface area contributed by atoms with Crippen LogP contribution in [-0.4, -0.2) is 11.9 Å². The van der Waals surface area contributed by atoms with E-state index in [0.717, 1.165) is 14.6 Å². The molecule has 0 aromatic heterocycles. The number of amides is 1. The van der Waals surface area contributed by atoms with Crippen molar-refractivity contribution in [2.24, 2.45) is 11.7 Å². The fourth-order valence-corrected chi connectivity index (χ4v) is 2.29. The van der Waals surface area contributed by atoms with E-state index in [-0.39, 0.29) is 17.9 Å². The van der Waals surface area contributed by atoms with Crippen molar-refractivity contribution in [3.05, 3.63) is 27.1 Å². The van der Waals surface area contributed by atoms with Crippen molar-refractivity contribution in [3.8, 4) is 0 Å². The van der Waals surface area contributed by atoms with Crippen molar-refractivity contribution in [2.75, 3.05) is 5.32 Å². The van der Waals surface area contributed by atoms with Gasteiger partial charge in [0.25, 0.3) is 0 Å². The Hall–Kier alpha value is -0.390. The van der Waals surface area contributed by atoms with Crippen LogP contribution in [0, 0.1) is 5.92 Å². The highest BCUT2D eigenvalue weighted by atomic mass is 79.9. The van der Waals surface area contributed by atoms with Gasteiger partial charge in [-0.1, -0.05) is 13.0 Å². The molecule has 0 bridgehead atoms. The zero-order chi connectivity index (χ0) is 12.3. The van der Waals surface area contributed by atoms with Crippen LogP contribution in [0.1, 0.15) is 13.8 Å². The zero-order valence-corrected chi connectivity index (χ0v) is 12.3. The quantitative estimate of drug-likeness (QED) is 0.880. The maximum absolute atomic E-state index is 11.8. The summed E-state index contributed by atoms with van der Waals surface area (Å²) in [6.45, 7) is 3.63. The summed E-state index contributed by atoms with van der Waals surface area (Å²) in [5, 5.41) is 2.85. The fourth-order valence-electron chi connectivity index (χ4n) is 1.09. The third kappa shape index (κ3) is 3.30. The van der Waals surface area contributed by atoms with Crippen molar-refractivity contribution in [3.63, 3.8) is 0 Å². The largest absolute Gasteiger partial charge is 0.327 e. The van der Waals surface area contributed by atoms with Crippen LogP contribution in [0.25, 0.3) is 0 Å². The highest BCUT2D eigenvalue weighted by Gasteiger charge is 2.18. The first-order valence-corrected chi connectivity index (χ1v) is 6.52. The van der Waals surface area contributed by atoms with Crippen LogP contribution in [0.5, 0.6) is 0 Å². The molecule has 1 rings (SSSR count). The van der Waals surface area contributed by atoms with Gasteiger partial charge in [-0.3, -0.25) is 4.79 Å². The molecule has 0 heterocycles. The molecule has 16 heavy (non-hydrogen) atoms. The van der Waals surface area contributed by atoms with Crippen LogP contribution in [-0.2, 0) is 4.79 Å². The minimum Gasteiger partial charge on any atom is -0.327 e. The second-order valence-electron chi connectivity index (χ2n) is 3.73. The van der Waals surface area contributed by atoms with Gasteiger partial charge in [-0.15, -0.1) is 0 Å². The predicted octanol–water partition coefficient (Wildman–Crippen LogP) is 3.13. The van der Waals surface area contributed by atoms with Gasteiger partial charge in [0.2, 0.25) is 5.91 Å². The summed E-state index contributed by atoms with van der Waals surface area (Å²) in [6, 6.07) is 5.47. The minimum atomic E-state index is -0.223. The minimum absolute atomic E-state index is 0.0809. The molecule has 0 fully saturated rings. The molecule has 3 nitrogen and oxygen atoms in total. The molecule has 0 aliphatic heterocycles. The Morgan fingerprint density at radius 3 is 2.25 bits per heavy atom. The average Bonchev–Trinajstić information content (AvgIpc) is 2.22. The predicted molar refractivity (Wildman–Crippen MR) is 73.3 cm³/mol. The van der Waals surface area contributed by atoms with E-state index in [2.05, 4.69) is 37.2 Å². The Bertz CT molecular complexity index is 373.